The Morgan fingerprint density at radius 3 is 2.36 bits per heavy atom. The number of carbonyl (C=O) groups is 2. The maximum Gasteiger partial charge on any atom is 0.242 e. The van der Waals surface area contributed by atoms with Crippen molar-refractivity contribution in [1.82, 2.24) is 9.80 Å². The van der Waals surface area contributed by atoms with Gasteiger partial charge in [-0.25, -0.2) is 4.39 Å². The van der Waals surface area contributed by atoms with Gasteiger partial charge in [0.2, 0.25) is 11.8 Å². The first-order valence-corrected chi connectivity index (χ1v) is 10.00. The normalized spacial score (nSPS) is 24.4. The lowest BCUT2D eigenvalue weighted by Gasteiger charge is -2.39. The van der Waals surface area contributed by atoms with E-state index < -0.39 is 5.54 Å². The largest absolute Gasteiger partial charge is 0.341 e. The predicted octanol–water partition coefficient (Wildman–Crippen LogP) is 2.06. The molecule has 28 heavy (non-hydrogen) atoms. The number of anilines is 1. The first-order valence-electron chi connectivity index (χ1n) is 10.00. The molecule has 2 aliphatic heterocycles. The topological polar surface area (TPSA) is 78.7 Å². The number of nitrogens with one attached hydrogen (secondary N) is 1. The van der Waals surface area contributed by atoms with Crippen LogP contribution in [0.4, 0.5) is 10.1 Å². The first-order chi connectivity index (χ1) is 13.1. The number of rotatable bonds is 4. The molecule has 0 radical (unpaired) electrons. The second kappa shape index (κ2) is 8.17. The summed E-state index contributed by atoms with van der Waals surface area (Å²) in [5.41, 5.74) is 5.73. The highest BCUT2D eigenvalue weighted by molar-refractivity contribution is 5.92. The van der Waals surface area contributed by atoms with Crippen LogP contribution in [0.25, 0.3) is 0 Å². The Bertz CT molecular complexity index is 708. The van der Waals surface area contributed by atoms with E-state index in [0.29, 0.717) is 24.2 Å². The van der Waals surface area contributed by atoms with Gasteiger partial charge in [-0.15, -0.1) is 0 Å². The molecule has 2 atom stereocenters. The van der Waals surface area contributed by atoms with Gasteiger partial charge in [-0.1, -0.05) is 0 Å². The van der Waals surface area contributed by atoms with Crippen LogP contribution in [0.1, 0.15) is 33.1 Å². The van der Waals surface area contributed by atoms with Crippen LogP contribution in [0.15, 0.2) is 24.3 Å². The Hall–Kier alpha value is -1.99. The summed E-state index contributed by atoms with van der Waals surface area (Å²) in [5.74, 6) is 0.0588. The third-order valence-corrected chi connectivity index (χ3v) is 6.01. The van der Waals surface area contributed by atoms with E-state index in [4.69, 9.17) is 5.73 Å². The summed E-state index contributed by atoms with van der Waals surface area (Å²) in [6.07, 6.45) is 2.68. The van der Waals surface area contributed by atoms with E-state index in [1.807, 2.05) is 4.90 Å². The van der Waals surface area contributed by atoms with Crippen LogP contribution in [-0.4, -0.2) is 59.9 Å². The number of likely N-dealkylation sites (tertiary alicyclic amines) is 2. The van der Waals surface area contributed by atoms with Gasteiger partial charge in [0.15, 0.2) is 0 Å². The molecular formula is C21H31FN4O2. The van der Waals surface area contributed by atoms with E-state index in [0.717, 1.165) is 32.4 Å². The van der Waals surface area contributed by atoms with E-state index in [9.17, 15) is 14.0 Å². The molecule has 3 N–H and O–H groups in total. The van der Waals surface area contributed by atoms with Gasteiger partial charge in [-0.3, -0.25) is 9.59 Å². The molecule has 2 aliphatic rings. The van der Waals surface area contributed by atoms with Gasteiger partial charge < -0.3 is 20.9 Å². The summed E-state index contributed by atoms with van der Waals surface area (Å²) in [4.78, 5) is 29.1. The average Bonchev–Trinajstić information content (AvgIpc) is 3.04. The molecule has 0 aromatic heterocycles. The molecule has 0 aliphatic carbocycles. The molecule has 2 fully saturated rings. The van der Waals surface area contributed by atoms with Crippen molar-refractivity contribution < 1.29 is 14.0 Å². The lowest BCUT2D eigenvalue weighted by atomic mass is 9.86. The van der Waals surface area contributed by atoms with Crippen molar-refractivity contribution in [3.63, 3.8) is 0 Å². The Labute approximate surface area is 166 Å². The van der Waals surface area contributed by atoms with Crippen LogP contribution in [0.5, 0.6) is 0 Å². The molecule has 1 aromatic rings. The van der Waals surface area contributed by atoms with Crippen molar-refractivity contribution in [1.29, 1.82) is 0 Å². The van der Waals surface area contributed by atoms with E-state index >= 15 is 0 Å². The Balaban J connectivity index is 1.53. The fraction of sp³-hybridized carbons (Fsp3) is 0.619. The first kappa shape index (κ1) is 20.7. The van der Waals surface area contributed by atoms with Crippen LogP contribution in [-0.2, 0) is 9.59 Å². The highest BCUT2D eigenvalue weighted by Gasteiger charge is 2.40. The van der Waals surface area contributed by atoms with Crippen molar-refractivity contribution in [3.8, 4) is 0 Å². The zero-order chi connectivity index (χ0) is 20.5. The molecule has 0 bridgehead atoms. The van der Waals surface area contributed by atoms with Crippen LogP contribution in [0.3, 0.4) is 0 Å². The molecule has 3 rings (SSSR count). The molecule has 0 saturated carbocycles. The molecule has 154 valence electrons. The summed E-state index contributed by atoms with van der Waals surface area (Å²) >= 11 is 0. The third-order valence-electron chi connectivity index (χ3n) is 6.01. The smallest absolute Gasteiger partial charge is 0.242 e. The monoisotopic (exact) mass is 390 g/mol. The van der Waals surface area contributed by atoms with Gasteiger partial charge in [0.25, 0.3) is 0 Å². The van der Waals surface area contributed by atoms with Crippen molar-refractivity contribution in [2.75, 3.05) is 32.0 Å². The number of nitrogens with two attached hydrogens (primary N) is 1. The van der Waals surface area contributed by atoms with Crippen LogP contribution in [0.2, 0.25) is 0 Å². The molecule has 2 saturated heterocycles. The molecular weight excluding hydrogens is 359 g/mol. The van der Waals surface area contributed by atoms with Gasteiger partial charge in [0.1, 0.15) is 5.82 Å². The lowest BCUT2D eigenvalue weighted by molar-refractivity contribution is -0.137. The van der Waals surface area contributed by atoms with Gasteiger partial charge in [-0.2, -0.15) is 0 Å². The van der Waals surface area contributed by atoms with Gasteiger partial charge >= 0.3 is 0 Å². The quantitative estimate of drug-likeness (QED) is 0.825. The molecule has 7 heteroatoms. The van der Waals surface area contributed by atoms with Crippen LogP contribution in [0, 0.1) is 17.7 Å². The maximum absolute atomic E-state index is 13.0. The highest BCUT2D eigenvalue weighted by Crippen LogP contribution is 2.33. The van der Waals surface area contributed by atoms with Crippen LogP contribution < -0.4 is 11.1 Å². The zero-order valence-electron chi connectivity index (χ0n) is 17.0. The van der Waals surface area contributed by atoms with Crippen LogP contribution >= 0.6 is 0 Å². The molecule has 0 spiro atoms. The number of carbonyl (C=O) groups excluding carboxylic acids is 2. The minimum atomic E-state index is -0.833. The summed E-state index contributed by atoms with van der Waals surface area (Å²) in [5, 5.41) is 2.89. The minimum absolute atomic E-state index is 0.00211. The fourth-order valence-electron chi connectivity index (χ4n) is 4.44. The standard InChI is InChI=1S/C21H31FN4O2/c1-21(2,23)20(28)26-10-8-14(9-11-26)18-12-15(13-25(18)3)19(27)24-17-6-4-16(22)5-7-17/h4-7,14-15,18H,8-13,23H2,1-3H3,(H,24,27)/t15-,18+/m0/s1. The lowest BCUT2D eigenvalue weighted by Crippen LogP contribution is -2.54. The maximum atomic E-state index is 13.0. The van der Waals surface area contributed by atoms with E-state index in [1.54, 1.807) is 26.0 Å². The van der Waals surface area contributed by atoms with E-state index in [-0.39, 0.29) is 23.5 Å². The number of nitrogens with zero attached hydrogens (tertiary/aromatic N) is 2. The number of amides is 2. The molecule has 1 aromatic carbocycles. The summed E-state index contributed by atoms with van der Waals surface area (Å²) in [7, 11) is 2.07. The van der Waals surface area contributed by atoms with Gasteiger partial charge in [0.05, 0.1) is 11.5 Å². The van der Waals surface area contributed by atoms with Crippen molar-refractivity contribution in [3.05, 3.63) is 30.1 Å². The Morgan fingerprint density at radius 1 is 1.18 bits per heavy atom. The average molecular weight is 391 g/mol. The number of hydrogen-bond donors (Lipinski definition) is 2. The van der Waals surface area contributed by atoms with Gasteiger partial charge in [0, 0.05) is 31.4 Å². The van der Waals surface area contributed by atoms with Gasteiger partial charge in [-0.05, 0) is 70.3 Å². The Kier molecular flexibility index (Phi) is 6.05. The number of hydrogen-bond acceptors (Lipinski definition) is 4. The van der Waals surface area contributed by atoms with Crippen molar-refractivity contribution in [2.24, 2.45) is 17.6 Å². The zero-order valence-corrected chi connectivity index (χ0v) is 17.0. The third kappa shape index (κ3) is 4.70. The number of piperidine rings is 1. The SMILES string of the molecule is CN1C[C@@H](C(=O)Nc2ccc(F)cc2)C[C@@H]1C1CCN(C(=O)C(C)(C)N)CC1. The summed E-state index contributed by atoms with van der Waals surface area (Å²) < 4.78 is 13.0. The predicted molar refractivity (Wildman–Crippen MR) is 107 cm³/mol. The van der Waals surface area contributed by atoms with Crippen molar-refractivity contribution in [2.45, 2.75) is 44.7 Å². The minimum Gasteiger partial charge on any atom is -0.341 e. The van der Waals surface area contributed by atoms with E-state index in [1.165, 1.54) is 12.1 Å². The summed E-state index contributed by atoms with van der Waals surface area (Å²) in [6, 6.07) is 6.19. The molecule has 0 unspecified atom stereocenters. The second-order valence-corrected chi connectivity index (χ2v) is 8.79. The van der Waals surface area contributed by atoms with Crippen molar-refractivity contribution >= 4 is 17.5 Å². The molecule has 2 heterocycles. The molecule has 6 nitrogen and oxygen atoms in total. The highest BCUT2D eigenvalue weighted by atomic mass is 19.1. The Morgan fingerprint density at radius 2 is 1.79 bits per heavy atom. The number of halogens is 1. The molecule has 2 amide bonds. The summed E-state index contributed by atoms with van der Waals surface area (Å²) in [6.45, 7) is 5.65. The second-order valence-electron chi connectivity index (χ2n) is 8.79. The number of benzene rings is 1. The van der Waals surface area contributed by atoms with E-state index in [2.05, 4.69) is 17.3 Å². The fourth-order valence-corrected chi connectivity index (χ4v) is 4.44.